The lowest BCUT2D eigenvalue weighted by Crippen LogP contribution is -2.48. The average Bonchev–Trinajstić information content (AvgIpc) is 2.46. The fourth-order valence-electron chi connectivity index (χ4n) is 4.16. The Balaban J connectivity index is 2.68. The fraction of sp³-hybridized carbons (Fsp3) is 0.739. The quantitative estimate of drug-likeness (QED) is 0.781. The second kappa shape index (κ2) is 7.16. The zero-order chi connectivity index (χ0) is 19.9. The largest absolute Gasteiger partial charge is 0.507 e. The van der Waals surface area contributed by atoms with Crippen molar-refractivity contribution in [2.75, 3.05) is 26.2 Å². The van der Waals surface area contributed by atoms with E-state index in [1.165, 1.54) is 5.56 Å². The van der Waals surface area contributed by atoms with Gasteiger partial charge in [0.05, 0.1) is 0 Å². The minimum Gasteiger partial charge on any atom is -0.507 e. The summed E-state index contributed by atoms with van der Waals surface area (Å²) in [5.74, 6) is 0.474. The number of phenolic OH excluding ortho intramolecular Hbond substituents is 1. The minimum atomic E-state index is -0.0913. The van der Waals surface area contributed by atoms with E-state index >= 15 is 0 Å². The third kappa shape index (κ3) is 4.61. The Bertz CT molecular complexity index is 588. The molecule has 0 radical (unpaired) electrons. The van der Waals surface area contributed by atoms with Crippen molar-refractivity contribution in [2.45, 2.75) is 79.2 Å². The maximum Gasteiger partial charge on any atom is 0.123 e. The third-order valence-electron chi connectivity index (χ3n) is 5.40. The van der Waals surface area contributed by atoms with E-state index in [2.05, 4.69) is 84.7 Å². The number of phenols is 1. The first-order valence-electron chi connectivity index (χ1n) is 10.1. The number of benzene rings is 1. The maximum atomic E-state index is 11.1. The molecule has 0 bridgehead atoms. The van der Waals surface area contributed by atoms with E-state index in [-0.39, 0.29) is 16.2 Å². The molecule has 0 saturated carbocycles. The van der Waals surface area contributed by atoms with Gasteiger partial charge >= 0.3 is 0 Å². The number of nitrogens with one attached hydrogen (secondary N) is 1. The van der Waals surface area contributed by atoms with Crippen LogP contribution < -0.4 is 5.32 Å². The highest BCUT2D eigenvalue weighted by atomic mass is 16.3. The summed E-state index contributed by atoms with van der Waals surface area (Å²) in [5, 5.41) is 14.5. The smallest absolute Gasteiger partial charge is 0.123 e. The van der Waals surface area contributed by atoms with Gasteiger partial charge in [0.25, 0.3) is 0 Å². The lowest BCUT2D eigenvalue weighted by molar-refractivity contribution is 0.0859. The van der Waals surface area contributed by atoms with E-state index in [1.807, 2.05) is 0 Å². The van der Waals surface area contributed by atoms with Gasteiger partial charge in [-0.3, -0.25) is 4.90 Å². The fourth-order valence-corrected chi connectivity index (χ4v) is 4.16. The second-order valence-electron chi connectivity index (χ2n) is 11.0. The number of rotatable bonds is 2. The van der Waals surface area contributed by atoms with Crippen LogP contribution in [-0.2, 0) is 10.8 Å². The molecule has 1 atom stereocenters. The Morgan fingerprint density at radius 2 is 1.27 bits per heavy atom. The van der Waals surface area contributed by atoms with Crippen molar-refractivity contribution in [2.24, 2.45) is 5.41 Å². The Morgan fingerprint density at radius 3 is 1.62 bits per heavy atom. The van der Waals surface area contributed by atoms with Gasteiger partial charge in [0.1, 0.15) is 5.75 Å². The highest BCUT2D eigenvalue weighted by Crippen LogP contribution is 2.45. The van der Waals surface area contributed by atoms with Crippen LogP contribution in [0, 0.1) is 5.41 Å². The van der Waals surface area contributed by atoms with Crippen LogP contribution in [0.2, 0.25) is 0 Å². The third-order valence-corrected chi connectivity index (χ3v) is 5.40. The molecule has 0 unspecified atom stereocenters. The van der Waals surface area contributed by atoms with Crippen molar-refractivity contribution in [1.29, 1.82) is 0 Å². The highest BCUT2D eigenvalue weighted by molar-refractivity contribution is 5.50. The van der Waals surface area contributed by atoms with E-state index < -0.39 is 0 Å². The standard InChI is InChI=1S/C23H40N2O/c1-21(2,3)17-14-16(15-18(19(17)26)22(4,5)6)20(23(7,8)9)25-12-10-24-11-13-25/h14-15,20,24,26H,10-13H2,1-9H3/t20-/m0/s1. The summed E-state index contributed by atoms with van der Waals surface area (Å²) in [6, 6.07) is 4.87. The summed E-state index contributed by atoms with van der Waals surface area (Å²) in [7, 11) is 0. The maximum absolute atomic E-state index is 11.1. The SMILES string of the molecule is CC(C)(C)c1cc([C@H](N2CCNCC2)C(C)(C)C)cc(C(C)(C)C)c1O. The van der Waals surface area contributed by atoms with E-state index in [1.54, 1.807) is 0 Å². The monoisotopic (exact) mass is 360 g/mol. The second-order valence-corrected chi connectivity index (χ2v) is 11.0. The van der Waals surface area contributed by atoms with E-state index in [0.29, 0.717) is 11.8 Å². The molecule has 1 fully saturated rings. The molecule has 1 aromatic rings. The summed E-state index contributed by atoms with van der Waals surface area (Å²) in [4.78, 5) is 2.61. The molecule has 0 amide bonds. The van der Waals surface area contributed by atoms with Gasteiger partial charge in [-0.15, -0.1) is 0 Å². The molecule has 26 heavy (non-hydrogen) atoms. The lowest BCUT2D eigenvalue weighted by Gasteiger charge is -2.43. The summed E-state index contributed by atoms with van der Waals surface area (Å²) >= 11 is 0. The average molecular weight is 361 g/mol. The molecule has 2 rings (SSSR count). The summed E-state index contributed by atoms with van der Waals surface area (Å²) < 4.78 is 0. The van der Waals surface area contributed by atoms with Crippen molar-refractivity contribution >= 4 is 0 Å². The molecule has 3 nitrogen and oxygen atoms in total. The van der Waals surface area contributed by atoms with Gasteiger partial charge < -0.3 is 10.4 Å². The zero-order valence-electron chi connectivity index (χ0n) is 18.5. The molecule has 2 N–H and O–H groups in total. The lowest BCUT2D eigenvalue weighted by atomic mass is 9.74. The van der Waals surface area contributed by atoms with Crippen LogP contribution in [-0.4, -0.2) is 36.2 Å². The van der Waals surface area contributed by atoms with Crippen LogP contribution in [0.4, 0.5) is 0 Å². The summed E-state index contributed by atoms with van der Waals surface area (Å²) in [5.41, 5.74) is 3.40. The van der Waals surface area contributed by atoms with E-state index in [4.69, 9.17) is 0 Å². The topological polar surface area (TPSA) is 35.5 Å². The number of aromatic hydroxyl groups is 1. The first kappa shape index (κ1) is 21.2. The van der Waals surface area contributed by atoms with Gasteiger partial charge in [0.15, 0.2) is 0 Å². The van der Waals surface area contributed by atoms with E-state index in [0.717, 1.165) is 37.3 Å². The van der Waals surface area contributed by atoms with Crippen molar-refractivity contribution < 1.29 is 5.11 Å². The van der Waals surface area contributed by atoms with Gasteiger partial charge in [0, 0.05) is 32.2 Å². The Labute approximate surface area is 161 Å². The normalized spacial score (nSPS) is 18.8. The van der Waals surface area contributed by atoms with Gasteiger partial charge in [0.2, 0.25) is 0 Å². The first-order valence-corrected chi connectivity index (χ1v) is 10.1. The van der Waals surface area contributed by atoms with Gasteiger partial charge in [-0.2, -0.15) is 0 Å². The molecular formula is C23H40N2O. The molecule has 1 aromatic carbocycles. The number of piperazine rings is 1. The molecule has 0 aliphatic carbocycles. The van der Waals surface area contributed by atoms with Gasteiger partial charge in [-0.05, 0) is 45.1 Å². The molecule has 1 saturated heterocycles. The van der Waals surface area contributed by atoms with Gasteiger partial charge in [-0.1, -0.05) is 62.3 Å². The molecule has 0 spiro atoms. The van der Waals surface area contributed by atoms with Gasteiger partial charge in [-0.25, -0.2) is 0 Å². The number of nitrogens with zero attached hydrogens (tertiary/aromatic N) is 1. The first-order chi connectivity index (χ1) is 11.7. The minimum absolute atomic E-state index is 0.0913. The Hall–Kier alpha value is -1.06. The van der Waals surface area contributed by atoms with Crippen LogP contribution in [0.15, 0.2) is 12.1 Å². The number of hydrogen-bond acceptors (Lipinski definition) is 3. The summed E-state index contributed by atoms with van der Waals surface area (Å²) in [6.07, 6.45) is 0. The van der Waals surface area contributed by atoms with Crippen LogP contribution >= 0.6 is 0 Å². The van der Waals surface area contributed by atoms with Crippen LogP contribution in [0.1, 0.15) is 85.0 Å². The number of hydrogen-bond donors (Lipinski definition) is 2. The van der Waals surface area contributed by atoms with Crippen molar-refractivity contribution in [3.8, 4) is 5.75 Å². The molecule has 0 aromatic heterocycles. The van der Waals surface area contributed by atoms with Crippen molar-refractivity contribution in [1.82, 2.24) is 10.2 Å². The predicted octanol–water partition coefficient (Wildman–Crippen LogP) is 4.98. The summed E-state index contributed by atoms with van der Waals surface area (Å²) in [6.45, 7) is 24.4. The van der Waals surface area contributed by atoms with Crippen LogP contribution in [0.25, 0.3) is 0 Å². The van der Waals surface area contributed by atoms with E-state index in [9.17, 15) is 5.11 Å². The molecule has 1 aliphatic rings. The van der Waals surface area contributed by atoms with Crippen molar-refractivity contribution in [3.63, 3.8) is 0 Å². The molecule has 1 heterocycles. The Morgan fingerprint density at radius 1 is 0.846 bits per heavy atom. The van der Waals surface area contributed by atoms with Crippen LogP contribution in [0.3, 0.4) is 0 Å². The molecular weight excluding hydrogens is 320 g/mol. The molecule has 1 aliphatic heterocycles. The Kier molecular flexibility index (Phi) is 5.85. The zero-order valence-corrected chi connectivity index (χ0v) is 18.5. The van der Waals surface area contributed by atoms with Crippen LogP contribution in [0.5, 0.6) is 5.75 Å². The van der Waals surface area contributed by atoms with Crippen molar-refractivity contribution in [3.05, 3.63) is 28.8 Å². The highest BCUT2D eigenvalue weighted by Gasteiger charge is 2.35. The molecule has 148 valence electrons. The molecule has 3 heteroatoms. The predicted molar refractivity (Wildman–Crippen MR) is 112 cm³/mol.